The lowest BCUT2D eigenvalue weighted by Gasteiger charge is -2.17. The first kappa shape index (κ1) is 26.4. The maximum absolute atomic E-state index is 14.5. The summed E-state index contributed by atoms with van der Waals surface area (Å²) >= 11 is 0. The summed E-state index contributed by atoms with van der Waals surface area (Å²) in [5.41, 5.74) is -3.09. The van der Waals surface area contributed by atoms with Gasteiger partial charge in [0.2, 0.25) is 0 Å². The molecular formula is C22H17F4N5O4S. The second-order valence-electron chi connectivity index (χ2n) is 7.35. The summed E-state index contributed by atoms with van der Waals surface area (Å²) < 4.78 is 85.0. The Morgan fingerprint density at radius 1 is 1.22 bits per heavy atom. The van der Waals surface area contributed by atoms with Crippen LogP contribution in [0.2, 0.25) is 0 Å². The molecule has 1 atom stereocenters. The molecule has 188 valence electrons. The zero-order valence-electron chi connectivity index (χ0n) is 18.9. The first-order valence-electron chi connectivity index (χ1n) is 9.82. The Labute approximate surface area is 202 Å². The van der Waals surface area contributed by atoms with E-state index in [0.29, 0.717) is 0 Å². The molecule has 1 aromatic heterocycles. The lowest BCUT2D eigenvalue weighted by atomic mass is 10.1. The van der Waals surface area contributed by atoms with Crippen LogP contribution in [-0.2, 0) is 15.9 Å². The molecular weight excluding hydrogens is 506 g/mol. The van der Waals surface area contributed by atoms with Crippen LogP contribution >= 0.6 is 0 Å². The summed E-state index contributed by atoms with van der Waals surface area (Å²) in [6.07, 6.45) is -3.79. The number of benzene rings is 2. The molecule has 0 saturated carbocycles. The fraction of sp³-hybridized carbons (Fsp3) is 0.182. The number of carbonyl (C=O) groups excluding carboxylic acids is 1. The highest BCUT2D eigenvalue weighted by molar-refractivity contribution is 7.91. The van der Waals surface area contributed by atoms with Gasteiger partial charge in [-0.3, -0.25) is 4.79 Å². The average Bonchev–Trinajstić information content (AvgIpc) is 2.78. The number of amides is 1. The maximum Gasteiger partial charge on any atom is 0.435 e. The van der Waals surface area contributed by atoms with E-state index in [9.17, 15) is 26.6 Å². The quantitative estimate of drug-likeness (QED) is 0.438. The van der Waals surface area contributed by atoms with Gasteiger partial charge in [0, 0.05) is 16.8 Å². The first-order chi connectivity index (χ1) is 16.8. The second-order valence-corrected chi connectivity index (χ2v) is 9.51. The summed E-state index contributed by atoms with van der Waals surface area (Å²) in [6.45, 7) is 0.981. The van der Waals surface area contributed by atoms with Crippen molar-refractivity contribution in [3.8, 4) is 23.4 Å². The first-order valence-corrected chi connectivity index (χ1v) is 11.8. The van der Waals surface area contributed by atoms with Gasteiger partial charge in [0.25, 0.3) is 11.8 Å². The topological polar surface area (TPSA) is 138 Å². The summed E-state index contributed by atoms with van der Waals surface area (Å²) in [5.74, 6) is -3.80. The van der Waals surface area contributed by atoms with Crippen molar-refractivity contribution in [1.82, 2.24) is 10.2 Å². The van der Waals surface area contributed by atoms with Gasteiger partial charge < -0.3 is 14.8 Å². The molecule has 0 aliphatic rings. The predicted molar refractivity (Wildman–Crippen MR) is 119 cm³/mol. The zero-order valence-corrected chi connectivity index (χ0v) is 19.7. The van der Waals surface area contributed by atoms with E-state index in [-0.39, 0.29) is 21.9 Å². The third-order valence-electron chi connectivity index (χ3n) is 4.81. The van der Waals surface area contributed by atoms with E-state index in [1.165, 1.54) is 24.3 Å². The minimum absolute atomic E-state index is 0.0389. The van der Waals surface area contributed by atoms with Crippen molar-refractivity contribution in [2.24, 2.45) is 0 Å². The Hall–Kier alpha value is -4.25. The van der Waals surface area contributed by atoms with Gasteiger partial charge in [0.1, 0.15) is 11.6 Å². The molecule has 14 heteroatoms. The van der Waals surface area contributed by atoms with Crippen LogP contribution in [0.5, 0.6) is 17.4 Å². The number of halogens is 4. The van der Waals surface area contributed by atoms with Crippen molar-refractivity contribution >= 4 is 21.3 Å². The Morgan fingerprint density at radius 2 is 1.92 bits per heavy atom. The monoisotopic (exact) mass is 523 g/mol. The maximum atomic E-state index is 14.5. The number of hydrogen-bond acceptors (Lipinski definition) is 8. The zero-order chi connectivity index (χ0) is 26.8. The van der Waals surface area contributed by atoms with Crippen molar-refractivity contribution in [3.63, 3.8) is 0 Å². The fourth-order valence-corrected chi connectivity index (χ4v) is 3.81. The van der Waals surface area contributed by atoms with Crippen LogP contribution in [-0.4, -0.2) is 33.7 Å². The Kier molecular flexibility index (Phi) is 7.16. The van der Waals surface area contributed by atoms with Crippen LogP contribution in [0.3, 0.4) is 0 Å². The molecule has 2 N–H and O–H groups in total. The van der Waals surface area contributed by atoms with Crippen molar-refractivity contribution < 1.29 is 36.0 Å². The minimum Gasteiger partial charge on any atom is -0.490 e. The molecule has 1 unspecified atom stereocenters. The van der Waals surface area contributed by atoms with Gasteiger partial charge >= 0.3 is 6.18 Å². The summed E-state index contributed by atoms with van der Waals surface area (Å²) in [4.78, 5) is 13.2. The highest BCUT2D eigenvalue weighted by atomic mass is 32.2. The molecule has 0 saturated heterocycles. The molecule has 0 radical (unpaired) electrons. The standard InChI is InChI=1S/C22H17F4N5O4S/c1-11-16(20(32)29-13-5-4-6-14(9-13)36(3,28)33)21(31-30-19(11)22(24,25)26)35-15-8-7-12(10-27)17(23)18(15)34-2/h4-9,28H,1-3H3,(H,29,32). The van der Waals surface area contributed by atoms with Crippen LogP contribution in [0.1, 0.15) is 27.2 Å². The van der Waals surface area contributed by atoms with Crippen LogP contribution in [0, 0.1) is 28.9 Å². The predicted octanol–water partition coefficient (Wildman–Crippen LogP) is 4.90. The molecule has 3 aromatic rings. The molecule has 9 nitrogen and oxygen atoms in total. The molecule has 0 fully saturated rings. The van der Waals surface area contributed by atoms with Gasteiger partial charge in [0.05, 0.1) is 22.4 Å². The van der Waals surface area contributed by atoms with Crippen LogP contribution in [0.25, 0.3) is 0 Å². The van der Waals surface area contributed by atoms with E-state index in [0.717, 1.165) is 32.4 Å². The average molecular weight is 523 g/mol. The molecule has 3 rings (SSSR count). The fourth-order valence-electron chi connectivity index (χ4n) is 3.12. The molecule has 1 heterocycles. The van der Waals surface area contributed by atoms with E-state index >= 15 is 0 Å². The Balaban J connectivity index is 2.13. The Morgan fingerprint density at radius 3 is 2.50 bits per heavy atom. The summed E-state index contributed by atoms with van der Waals surface area (Å²) in [6, 6.07) is 9.18. The number of hydrogen-bond donors (Lipinski definition) is 2. The number of carbonyl (C=O) groups is 1. The number of methoxy groups -OCH3 is 1. The highest BCUT2D eigenvalue weighted by Crippen LogP contribution is 2.38. The molecule has 0 bridgehead atoms. The normalized spacial score (nSPS) is 12.8. The second kappa shape index (κ2) is 9.78. The van der Waals surface area contributed by atoms with Crippen molar-refractivity contribution in [1.29, 1.82) is 10.0 Å². The van der Waals surface area contributed by atoms with Crippen LogP contribution in [0.15, 0.2) is 41.3 Å². The van der Waals surface area contributed by atoms with E-state index in [4.69, 9.17) is 19.5 Å². The molecule has 0 aliphatic carbocycles. The Bertz CT molecular complexity index is 1500. The van der Waals surface area contributed by atoms with Gasteiger partial charge in [-0.2, -0.15) is 18.4 Å². The number of alkyl halides is 3. The lowest BCUT2D eigenvalue weighted by molar-refractivity contribution is -0.142. The third kappa shape index (κ3) is 5.36. The largest absolute Gasteiger partial charge is 0.490 e. The number of anilines is 1. The number of aromatic nitrogens is 2. The highest BCUT2D eigenvalue weighted by Gasteiger charge is 2.38. The number of nitrogens with zero attached hydrogens (tertiary/aromatic N) is 3. The molecule has 0 aliphatic heterocycles. The van der Waals surface area contributed by atoms with Gasteiger partial charge in [-0.25, -0.2) is 13.4 Å². The van der Waals surface area contributed by atoms with Gasteiger partial charge in [-0.1, -0.05) is 6.07 Å². The third-order valence-corrected chi connectivity index (χ3v) is 5.97. The lowest BCUT2D eigenvalue weighted by Crippen LogP contribution is -2.21. The molecule has 0 spiro atoms. The summed E-state index contributed by atoms with van der Waals surface area (Å²) in [7, 11) is -2.07. The SMILES string of the molecule is COc1c(Oc2nnc(C(F)(F)F)c(C)c2C(=O)Nc2cccc(S(C)(=N)=O)c2)ccc(C#N)c1F. The molecule has 1 amide bonds. The van der Waals surface area contributed by atoms with Crippen molar-refractivity contribution in [2.45, 2.75) is 18.0 Å². The van der Waals surface area contributed by atoms with Gasteiger partial charge in [-0.05, 0) is 42.8 Å². The van der Waals surface area contributed by atoms with Crippen LogP contribution < -0.4 is 14.8 Å². The summed E-state index contributed by atoms with van der Waals surface area (Å²) in [5, 5.41) is 17.9. The molecule has 36 heavy (non-hydrogen) atoms. The van der Waals surface area contributed by atoms with E-state index in [1.807, 2.05) is 0 Å². The molecule has 2 aromatic carbocycles. The van der Waals surface area contributed by atoms with Crippen molar-refractivity contribution in [3.05, 3.63) is 64.6 Å². The number of nitrogens with one attached hydrogen (secondary N) is 2. The van der Waals surface area contributed by atoms with E-state index < -0.39 is 56.1 Å². The minimum atomic E-state index is -4.96. The number of ether oxygens (including phenoxy) is 2. The van der Waals surface area contributed by atoms with Crippen LogP contribution in [0.4, 0.5) is 23.2 Å². The smallest absolute Gasteiger partial charge is 0.435 e. The van der Waals surface area contributed by atoms with Gasteiger partial charge in [-0.15, -0.1) is 10.2 Å². The number of nitriles is 1. The van der Waals surface area contributed by atoms with E-state index in [2.05, 4.69) is 15.5 Å². The van der Waals surface area contributed by atoms with Crippen molar-refractivity contribution in [2.75, 3.05) is 18.7 Å². The number of rotatable bonds is 6. The van der Waals surface area contributed by atoms with Gasteiger partial charge in [0.15, 0.2) is 23.0 Å². The van der Waals surface area contributed by atoms with E-state index in [1.54, 1.807) is 6.07 Å².